The van der Waals surface area contributed by atoms with Crippen LogP contribution in [0.1, 0.15) is 31.6 Å². The number of carbonyl (C=O) groups excluding carboxylic acids is 2. The molecule has 1 unspecified atom stereocenters. The van der Waals surface area contributed by atoms with Crippen molar-refractivity contribution in [2.75, 3.05) is 18.4 Å². The SMILES string of the molecule is O=C(Nc1ccc(-n2cccn2)cc1)C1CC12CCN(C(=O)CCc1nc3ccccc3o1)CC2. The molecule has 1 N–H and O–H groups in total. The number of nitrogens with one attached hydrogen (secondary N) is 1. The van der Waals surface area contributed by atoms with Gasteiger partial charge in [-0.05, 0) is 67.1 Å². The van der Waals surface area contributed by atoms with E-state index in [9.17, 15) is 9.59 Å². The summed E-state index contributed by atoms with van der Waals surface area (Å²) in [5, 5.41) is 7.29. The van der Waals surface area contributed by atoms with Gasteiger partial charge in [0.1, 0.15) is 5.52 Å². The van der Waals surface area contributed by atoms with E-state index in [0.717, 1.165) is 41.7 Å². The van der Waals surface area contributed by atoms with Crippen molar-refractivity contribution in [2.45, 2.75) is 32.1 Å². The Labute approximate surface area is 202 Å². The molecule has 2 amide bonds. The molecule has 1 saturated heterocycles. The highest BCUT2D eigenvalue weighted by atomic mass is 16.3. The molecule has 6 rings (SSSR count). The minimum atomic E-state index is 0.0188. The average molecular weight is 470 g/mol. The third-order valence-electron chi connectivity index (χ3n) is 7.41. The molecule has 0 bridgehead atoms. The molecule has 1 aliphatic carbocycles. The van der Waals surface area contributed by atoms with Crippen LogP contribution in [0.2, 0.25) is 0 Å². The summed E-state index contributed by atoms with van der Waals surface area (Å²) in [6.07, 6.45) is 7.15. The zero-order valence-electron chi connectivity index (χ0n) is 19.4. The second-order valence-corrected chi connectivity index (χ2v) is 9.56. The number of benzene rings is 2. The Hall–Kier alpha value is -3.94. The number of amides is 2. The number of aromatic nitrogens is 3. The minimum Gasteiger partial charge on any atom is -0.441 e. The lowest BCUT2D eigenvalue weighted by atomic mass is 9.90. The van der Waals surface area contributed by atoms with Crippen molar-refractivity contribution in [3.63, 3.8) is 0 Å². The normalized spacial score (nSPS) is 18.6. The van der Waals surface area contributed by atoms with E-state index in [-0.39, 0.29) is 23.1 Å². The largest absolute Gasteiger partial charge is 0.441 e. The second-order valence-electron chi connectivity index (χ2n) is 9.56. The second kappa shape index (κ2) is 8.69. The van der Waals surface area contributed by atoms with Gasteiger partial charge in [-0.1, -0.05) is 12.1 Å². The van der Waals surface area contributed by atoms with Crippen molar-refractivity contribution >= 4 is 28.6 Å². The van der Waals surface area contributed by atoms with Crippen molar-refractivity contribution in [1.29, 1.82) is 0 Å². The lowest BCUT2D eigenvalue weighted by molar-refractivity contribution is -0.132. The van der Waals surface area contributed by atoms with E-state index in [1.165, 1.54) is 0 Å². The van der Waals surface area contributed by atoms with E-state index in [2.05, 4.69) is 15.4 Å². The highest BCUT2D eigenvalue weighted by molar-refractivity contribution is 5.95. The molecule has 1 spiro atoms. The summed E-state index contributed by atoms with van der Waals surface area (Å²) < 4.78 is 7.51. The number of oxazole rings is 1. The Balaban J connectivity index is 0.983. The van der Waals surface area contributed by atoms with Gasteiger partial charge in [0.05, 0.1) is 5.69 Å². The average Bonchev–Trinajstić information content (AvgIpc) is 3.22. The van der Waals surface area contributed by atoms with Gasteiger partial charge in [0.25, 0.3) is 0 Å². The van der Waals surface area contributed by atoms with Gasteiger partial charge in [0, 0.05) is 49.9 Å². The summed E-state index contributed by atoms with van der Waals surface area (Å²) in [7, 11) is 0. The van der Waals surface area contributed by atoms with Gasteiger partial charge in [0.15, 0.2) is 11.5 Å². The number of aryl methyl sites for hydroxylation is 1. The molecule has 2 fully saturated rings. The highest BCUT2D eigenvalue weighted by Crippen LogP contribution is 2.59. The molecule has 8 nitrogen and oxygen atoms in total. The van der Waals surface area contributed by atoms with Gasteiger partial charge in [-0.3, -0.25) is 9.59 Å². The number of fused-ring (bicyclic) bond motifs is 1. The smallest absolute Gasteiger partial charge is 0.228 e. The fourth-order valence-electron chi connectivity index (χ4n) is 5.22. The summed E-state index contributed by atoms with van der Waals surface area (Å²) in [4.78, 5) is 32.0. The van der Waals surface area contributed by atoms with Gasteiger partial charge in [-0.2, -0.15) is 5.10 Å². The highest BCUT2D eigenvalue weighted by Gasteiger charge is 2.58. The van der Waals surface area contributed by atoms with Gasteiger partial charge >= 0.3 is 0 Å². The standard InChI is InChI=1S/C27H27N5O3/c33-25(11-10-24-30-22-4-1-2-5-23(22)35-24)31-16-12-27(13-17-31)18-21(27)26(34)29-19-6-8-20(9-7-19)32-15-3-14-28-32/h1-9,14-15,21H,10-13,16-18H2,(H,29,34). The van der Waals surface area contributed by atoms with E-state index in [1.54, 1.807) is 10.9 Å². The third kappa shape index (κ3) is 4.32. The molecule has 1 saturated carbocycles. The number of hydrogen-bond donors (Lipinski definition) is 1. The first-order valence-corrected chi connectivity index (χ1v) is 12.1. The van der Waals surface area contributed by atoms with Crippen LogP contribution in [0.15, 0.2) is 71.4 Å². The maximum absolute atomic E-state index is 12.9. The first kappa shape index (κ1) is 21.6. The van der Waals surface area contributed by atoms with Gasteiger partial charge < -0.3 is 14.6 Å². The summed E-state index contributed by atoms with van der Waals surface area (Å²) in [5.74, 6) is 0.823. The van der Waals surface area contributed by atoms with Gasteiger partial charge in [-0.25, -0.2) is 9.67 Å². The monoisotopic (exact) mass is 469 g/mol. The summed E-state index contributed by atoms with van der Waals surface area (Å²) in [6, 6.07) is 17.2. The van der Waals surface area contributed by atoms with Crippen LogP contribution in [0.3, 0.4) is 0 Å². The van der Waals surface area contributed by atoms with Crippen LogP contribution in [0.25, 0.3) is 16.8 Å². The number of anilines is 1. The fraction of sp³-hybridized carbons (Fsp3) is 0.333. The molecule has 8 heteroatoms. The number of likely N-dealkylation sites (tertiary alicyclic amines) is 1. The van der Waals surface area contributed by atoms with Gasteiger partial charge in [-0.15, -0.1) is 0 Å². The molecule has 2 aliphatic rings. The quantitative estimate of drug-likeness (QED) is 0.457. The topological polar surface area (TPSA) is 93.3 Å². The van der Waals surface area contributed by atoms with E-state index in [0.29, 0.717) is 31.8 Å². The Bertz CT molecular complexity index is 1320. The first-order valence-electron chi connectivity index (χ1n) is 12.1. The predicted octanol–water partition coefficient (Wildman–Crippen LogP) is 4.21. The lowest BCUT2D eigenvalue weighted by Crippen LogP contribution is -2.40. The fourth-order valence-corrected chi connectivity index (χ4v) is 5.22. The van der Waals surface area contributed by atoms with Crippen molar-refractivity contribution in [3.05, 3.63) is 72.9 Å². The molecular formula is C27H27N5O3. The van der Waals surface area contributed by atoms with Crippen molar-refractivity contribution in [1.82, 2.24) is 19.7 Å². The van der Waals surface area contributed by atoms with Crippen LogP contribution in [0.4, 0.5) is 5.69 Å². The van der Waals surface area contributed by atoms with Crippen molar-refractivity contribution < 1.29 is 14.0 Å². The maximum Gasteiger partial charge on any atom is 0.228 e. The zero-order chi connectivity index (χ0) is 23.8. The van der Waals surface area contributed by atoms with Crippen LogP contribution in [0, 0.1) is 11.3 Å². The van der Waals surface area contributed by atoms with Crippen LogP contribution in [-0.4, -0.2) is 44.6 Å². The molecule has 2 aromatic heterocycles. The molecule has 4 aromatic rings. The minimum absolute atomic E-state index is 0.0188. The molecule has 2 aromatic carbocycles. The molecule has 35 heavy (non-hydrogen) atoms. The van der Waals surface area contributed by atoms with Crippen LogP contribution in [-0.2, 0) is 16.0 Å². The van der Waals surface area contributed by atoms with E-state index < -0.39 is 0 Å². The van der Waals surface area contributed by atoms with E-state index in [4.69, 9.17) is 4.42 Å². The van der Waals surface area contributed by atoms with E-state index in [1.807, 2.05) is 65.7 Å². The molecular weight excluding hydrogens is 442 g/mol. The summed E-state index contributed by atoms with van der Waals surface area (Å²) in [6.45, 7) is 1.41. The molecule has 0 radical (unpaired) electrons. The number of carbonyl (C=O) groups is 2. The molecule has 1 atom stereocenters. The van der Waals surface area contributed by atoms with Crippen LogP contribution >= 0.6 is 0 Å². The third-order valence-corrected chi connectivity index (χ3v) is 7.41. The number of hydrogen-bond acceptors (Lipinski definition) is 5. The Morgan fingerprint density at radius 2 is 1.86 bits per heavy atom. The first-order chi connectivity index (χ1) is 17.1. The van der Waals surface area contributed by atoms with Gasteiger partial charge in [0.2, 0.25) is 11.8 Å². The lowest BCUT2D eigenvalue weighted by Gasteiger charge is -2.33. The Kier molecular flexibility index (Phi) is 5.36. The zero-order valence-corrected chi connectivity index (χ0v) is 19.4. The van der Waals surface area contributed by atoms with Crippen LogP contribution < -0.4 is 5.32 Å². The number of rotatable bonds is 6. The summed E-state index contributed by atoms with van der Waals surface area (Å²) >= 11 is 0. The Morgan fingerprint density at radius 3 is 2.60 bits per heavy atom. The predicted molar refractivity (Wildman–Crippen MR) is 131 cm³/mol. The molecule has 1 aliphatic heterocycles. The van der Waals surface area contributed by atoms with Crippen molar-refractivity contribution in [2.24, 2.45) is 11.3 Å². The number of piperidine rings is 1. The maximum atomic E-state index is 12.9. The van der Waals surface area contributed by atoms with E-state index >= 15 is 0 Å². The van der Waals surface area contributed by atoms with Crippen molar-refractivity contribution in [3.8, 4) is 5.69 Å². The van der Waals surface area contributed by atoms with Crippen LogP contribution in [0.5, 0.6) is 0 Å². The molecule has 178 valence electrons. The Morgan fingerprint density at radius 1 is 1.06 bits per heavy atom. The number of nitrogens with zero attached hydrogens (tertiary/aromatic N) is 4. The summed E-state index contributed by atoms with van der Waals surface area (Å²) in [5.41, 5.74) is 3.35. The molecule has 3 heterocycles. The number of para-hydroxylation sites is 2.